The van der Waals surface area contributed by atoms with Crippen molar-refractivity contribution in [1.29, 1.82) is 0 Å². The summed E-state index contributed by atoms with van der Waals surface area (Å²) >= 11 is 0. The van der Waals surface area contributed by atoms with Gasteiger partial charge in [0, 0.05) is 6.54 Å². The first kappa shape index (κ1) is 11.8. The van der Waals surface area contributed by atoms with Gasteiger partial charge in [0.2, 0.25) is 11.9 Å². The molecule has 100 valence electrons. The predicted octanol–water partition coefficient (Wildman–Crippen LogP) is 0.637. The smallest absolute Gasteiger partial charge is 0.258 e. The minimum atomic E-state index is 0.171. The molecule has 2 aromatic heterocycles. The van der Waals surface area contributed by atoms with Crippen LogP contribution in [0.1, 0.15) is 26.2 Å². The standard InChI is InChI=1S/C11H16N8/c1-2-11(3-4-11)5-14-9-16-8(12)17-10(18-9)19-7-13-6-15-19/h6-7H,2-5H2,1H3,(H3,12,14,16,17,18). The largest absolute Gasteiger partial charge is 0.368 e. The maximum absolute atomic E-state index is 5.69. The molecule has 0 spiro atoms. The molecule has 0 aliphatic heterocycles. The van der Waals surface area contributed by atoms with E-state index in [1.807, 2.05) is 0 Å². The summed E-state index contributed by atoms with van der Waals surface area (Å²) < 4.78 is 1.45. The molecule has 3 rings (SSSR count). The van der Waals surface area contributed by atoms with Gasteiger partial charge >= 0.3 is 0 Å². The van der Waals surface area contributed by atoms with Gasteiger partial charge in [0.15, 0.2) is 0 Å². The van der Waals surface area contributed by atoms with Gasteiger partial charge in [-0.1, -0.05) is 6.92 Å². The van der Waals surface area contributed by atoms with Gasteiger partial charge < -0.3 is 11.1 Å². The summed E-state index contributed by atoms with van der Waals surface area (Å²) in [5.41, 5.74) is 6.10. The first-order valence-electron chi connectivity index (χ1n) is 6.31. The summed E-state index contributed by atoms with van der Waals surface area (Å²) in [6.07, 6.45) is 6.62. The lowest BCUT2D eigenvalue weighted by molar-refractivity contribution is 0.519. The second kappa shape index (κ2) is 4.45. The molecule has 2 aromatic rings. The Bertz CT molecular complexity index is 560. The van der Waals surface area contributed by atoms with Crippen LogP contribution in [-0.2, 0) is 0 Å². The third-order valence-electron chi connectivity index (χ3n) is 3.59. The highest BCUT2D eigenvalue weighted by molar-refractivity contribution is 5.35. The van der Waals surface area contributed by atoms with Crippen LogP contribution in [0.2, 0.25) is 0 Å². The summed E-state index contributed by atoms with van der Waals surface area (Å²) in [7, 11) is 0. The number of nitrogens with zero attached hydrogens (tertiary/aromatic N) is 6. The van der Waals surface area contributed by atoms with Gasteiger partial charge in [-0.2, -0.15) is 24.7 Å². The van der Waals surface area contributed by atoms with Crippen LogP contribution in [0.5, 0.6) is 0 Å². The highest BCUT2D eigenvalue weighted by Gasteiger charge is 2.40. The second-order valence-electron chi connectivity index (χ2n) is 4.86. The third-order valence-corrected chi connectivity index (χ3v) is 3.59. The van der Waals surface area contributed by atoms with Crippen molar-refractivity contribution < 1.29 is 0 Å². The quantitative estimate of drug-likeness (QED) is 0.812. The molecule has 0 radical (unpaired) electrons. The highest BCUT2D eigenvalue weighted by Crippen LogP contribution is 2.48. The zero-order valence-corrected chi connectivity index (χ0v) is 10.7. The molecule has 1 fully saturated rings. The van der Waals surface area contributed by atoms with E-state index in [1.165, 1.54) is 30.2 Å². The molecular weight excluding hydrogens is 244 g/mol. The number of nitrogens with one attached hydrogen (secondary N) is 1. The van der Waals surface area contributed by atoms with Crippen molar-refractivity contribution in [3.05, 3.63) is 12.7 Å². The molecule has 0 amide bonds. The Balaban J connectivity index is 1.78. The molecular formula is C11H16N8. The lowest BCUT2D eigenvalue weighted by Gasteiger charge is -2.13. The fourth-order valence-corrected chi connectivity index (χ4v) is 1.97. The van der Waals surface area contributed by atoms with Crippen LogP contribution in [0.25, 0.3) is 5.95 Å². The van der Waals surface area contributed by atoms with Crippen molar-refractivity contribution in [3.63, 3.8) is 0 Å². The molecule has 19 heavy (non-hydrogen) atoms. The zero-order chi connectivity index (χ0) is 13.3. The molecule has 0 bridgehead atoms. The van der Waals surface area contributed by atoms with E-state index in [4.69, 9.17) is 5.73 Å². The van der Waals surface area contributed by atoms with Gasteiger partial charge in [-0.3, -0.25) is 0 Å². The molecule has 3 N–H and O–H groups in total. The van der Waals surface area contributed by atoms with Crippen LogP contribution in [0, 0.1) is 5.41 Å². The fourth-order valence-electron chi connectivity index (χ4n) is 1.97. The minimum Gasteiger partial charge on any atom is -0.368 e. The van der Waals surface area contributed by atoms with Crippen LogP contribution in [0.4, 0.5) is 11.9 Å². The molecule has 8 nitrogen and oxygen atoms in total. The Morgan fingerprint density at radius 1 is 1.37 bits per heavy atom. The van der Waals surface area contributed by atoms with Crippen molar-refractivity contribution in [1.82, 2.24) is 29.7 Å². The van der Waals surface area contributed by atoms with Gasteiger partial charge in [0.05, 0.1) is 0 Å². The monoisotopic (exact) mass is 260 g/mol. The maximum Gasteiger partial charge on any atom is 0.258 e. The van der Waals surface area contributed by atoms with Crippen molar-refractivity contribution >= 4 is 11.9 Å². The van der Waals surface area contributed by atoms with Gasteiger partial charge in [0.25, 0.3) is 5.95 Å². The summed E-state index contributed by atoms with van der Waals surface area (Å²) in [5.74, 6) is 1.02. The van der Waals surface area contributed by atoms with Gasteiger partial charge in [-0.25, -0.2) is 4.98 Å². The summed E-state index contributed by atoms with van der Waals surface area (Å²) in [6, 6.07) is 0. The second-order valence-corrected chi connectivity index (χ2v) is 4.86. The fraction of sp³-hybridized carbons (Fsp3) is 0.545. The van der Waals surface area contributed by atoms with Crippen LogP contribution in [0.15, 0.2) is 12.7 Å². The number of nitrogens with two attached hydrogens (primary N) is 1. The van der Waals surface area contributed by atoms with Gasteiger partial charge in [-0.05, 0) is 24.7 Å². The van der Waals surface area contributed by atoms with E-state index in [-0.39, 0.29) is 5.95 Å². The minimum absolute atomic E-state index is 0.171. The molecule has 0 aromatic carbocycles. The van der Waals surface area contributed by atoms with Crippen molar-refractivity contribution in [2.24, 2.45) is 5.41 Å². The number of aromatic nitrogens is 6. The Morgan fingerprint density at radius 2 is 2.21 bits per heavy atom. The first-order valence-corrected chi connectivity index (χ1v) is 6.31. The van der Waals surface area contributed by atoms with E-state index in [0.717, 1.165) is 13.0 Å². The van der Waals surface area contributed by atoms with Crippen molar-refractivity contribution in [2.75, 3.05) is 17.6 Å². The number of hydrogen-bond acceptors (Lipinski definition) is 7. The van der Waals surface area contributed by atoms with E-state index < -0.39 is 0 Å². The van der Waals surface area contributed by atoms with Crippen molar-refractivity contribution in [2.45, 2.75) is 26.2 Å². The molecule has 8 heteroatoms. The third kappa shape index (κ3) is 2.47. The number of hydrogen-bond donors (Lipinski definition) is 2. The van der Waals surface area contributed by atoms with Gasteiger partial charge in [-0.15, -0.1) is 0 Å². The lowest BCUT2D eigenvalue weighted by Crippen LogP contribution is -2.18. The number of nitrogen functional groups attached to an aromatic ring is 1. The summed E-state index contributed by atoms with van der Waals surface area (Å²) in [6.45, 7) is 3.07. The zero-order valence-electron chi connectivity index (χ0n) is 10.7. The Hall–Kier alpha value is -2.25. The predicted molar refractivity (Wildman–Crippen MR) is 69.6 cm³/mol. The SMILES string of the molecule is CCC1(CNc2nc(N)nc(-n3cncn3)n2)CC1. The number of anilines is 2. The van der Waals surface area contributed by atoms with Crippen LogP contribution >= 0.6 is 0 Å². The Labute approximate surface area is 110 Å². The normalized spacial score (nSPS) is 16.3. The van der Waals surface area contributed by atoms with Crippen LogP contribution in [0.3, 0.4) is 0 Å². The molecule has 0 unspecified atom stereocenters. The summed E-state index contributed by atoms with van der Waals surface area (Å²) in [4.78, 5) is 16.3. The van der Waals surface area contributed by atoms with E-state index in [0.29, 0.717) is 17.3 Å². The molecule has 0 saturated heterocycles. The molecule has 1 aliphatic rings. The Kier molecular flexibility index (Phi) is 2.77. The van der Waals surface area contributed by atoms with E-state index in [2.05, 4.69) is 37.3 Å². The van der Waals surface area contributed by atoms with E-state index in [9.17, 15) is 0 Å². The maximum atomic E-state index is 5.69. The van der Waals surface area contributed by atoms with E-state index >= 15 is 0 Å². The highest BCUT2D eigenvalue weighted by atomic mass is 15.4. The molecule has 1 aliphatic carbocycles. The number of rotatable bonds is 5. The van der Waals surface area contributed by atoms with Gasteiger partial charge in [0.1, 0.15) is 12.7 Å². The molecule has 2 heterocycles. The first-order chi connectivity index (χ1) is 9.21. The lowest BCUT2D eigenvalue weighted by atomic mass is 10.0. The molecule has 0 atom stereocenters. The van der Waals surface area contributed by atoms with Crippen LogP contribution in [-0.4, -0.2) is 36.3 Å². The topological polar surface area (TPSA) is 107 Å². The average Bonchev–Trinajstić information content (AvgIpc) is 2.98. The van der Waals surface area contributed by atoms with Crippen LogP contribution < -0.4 is 11.1 Å². The average molecular weight is 260 g/mol. The van der Waals surface area contributed by atoms with Crippen molar-refractivity contribution in [3.8, 4) is 5.95 Å². The molecule has 1 saturated carbocycles. The Morgan fingerprint density at radius 3 is 2.84 bits per heavy atom. The summed E-state index contributed by atoms with van der Waals surface area (Å²) in [5, 5.41) is 7.21. The van der Waals surface area contributed by atoms with E-state index in [1.54, 1.807) is 0 Å².